The topological polar surface area (TPSA) is 58.7 Å². The van der Waals surface area contributed by atoms with E-state index in [-0.39, 0.29) is 5.69 Å². The van der Waals surface area contributed by atoms with Crippen LogP contribution in [-0.4, -0.2) is 9.55 Å². The molecule has 1 aromatic carbocycles. The van der Waals surface area contributed by atoms with Crippen LogP contribution in [-0.2, 0) is 6.54 Å². The van der Waals surface area contributed by atoms with Crippen molar-refractivity contribution in [3.63, 3.8) is 0 Å². The fraction of sp³-hybridized carbons (Fsp3) is 0.214. The highest BCUT2D eigenvalue weighted by Gasteiger charge is 2.03. The molecule has 0 aliphatic carbocycles. The molecule has 0 aliphatic rings. The maximum atomic E-state index is 11.8. The van der Waals surface area contributed by atoms with Crippen molar-refractivity contribution in [2.75, 3.05) is 0 Å². The zero-order valence-electron chi connectivity index (χ0n) is 10.3. The van der Waals surface area contributed by atoms with Gasteiger partial charge in [0, 0.05) is 11.4 Å². The lowest BCUT2D eigenvalue weighted by molar-refractivity contribution is 0.694. The van der Waals surface area contributed by atoms with Crippen LogP contribution in [0.1, 0.15) is 22.5 Å². The van der Waals surface area contributed by atoms with Crippen LogP contribution >= 0.6 is 0 Å². The minimum atomic E-state index is -0.239. The number of hydrogen-bond donors (Lipinski definition) is 0. The monoisotopic (exact) mass is 239 g/mol. The first-order valence-corrected chi connectivity index (χ1v) is 5.64. The number of hydrogen-bond acceptors (Lipinski definition) is 3. The summed E-state index contributed by atoms with van der Waals surface area (Å²) in [6.07, 6.45) is 0. The second kappa shape index (κ2) is 4.84. The van der Waals surface area contributed by atoms with Crippen LogP contribution in [0.2, 0.25) is 0 Å². The first-order chi connectivity index (χ1) is 8.60. The summed E-state index contributed by atoms with van der Waals surface area (Å²) in [7, 11) is 0. The molecule has 0 N–H and O–H groups in total. The maximum absolute atomic E-state index is 11.8. The quantitative estimate of drug-likeness (QED) is 0.802. The van der Waals surface area contributed by atoms with Gasteiger partial charge in [0.05, 0.1) is 18.2 Å². The van der Waals surface area contributed by atoms with Crippen molar-refractivity contribution < 1.29 is 0 Å². The summed E-state index contributed by atoms with van der Waals surface area (Å²) in [6, 6.07) is 11.1. The first-order valence-electron chi connectivity index (χ1n) is 5.64. The summed E-state index contributed by atoms with van der Waals surface area (Å²) in [4.78, 5) is 15.7. The van der Waals surface area contributed by atoms with Gasteiger partial charge in [0.2, 0.25) is 0 Å². The second-order valence-corrected chi connectivity index (χ2v) is 4.22. The molecular formula is C14H13N3O. The molecule has 4 heteroatoms. The Morgan fingerprint density at radius 2 is 1.94 bits per heavy atom. The summed E-state index contributed by atoms with van der Waals surface area (Å²) >= 11 is 0. The van der Waals surface area contributed by atoms with Gasteiger partial charge in [-0.25, -0.2) is 4.79 Å². The lowest BCUT2D eigenvalue weighted by Crippen LogP contribution is -2.26. The number of aryl methyl sites for hydroxylation is 2. The van der Waals surface area contributed by atoms with E-state index in [1.165, 1.54) is 0 Å². The van der Waals surface area contributed by atoms with Gasteiger partial charge >= 0.3 is 5.69 Å². The lowest BCUT2D eigenvalue weighted by atomic mass is 10.1. The molecular weight excluding hydrogens is 226 g/mol. The van der Waals surface area contributed by atoms with Crippen LogP contribution < -0.4 is 5.69 Å². The fourth-order valence-electron chi connectivity index (χ4n) is 1.83. The largest absolute Gasteiger partial charge is 0.348 e. The Bertz CT molecular complexity index is 663. The third-order valence-electron chi connectivity index (χ3n) is 2.77. The van der Waals surface area contributed by atoms with E-state index in [2.05, 4.69) is 11.1 Å². The van der Waals surface area contributed by atoms with Crippen molar-refractivity contribution in [1.29, 1.82) is 5.26 Å². The number of benzene rings is 1. The van der Waals surface area contributed by atoms with E-state index in [1.54, 1.807) is 23.6 Å². The van der Waals surface area contributed by atoms with Crippen molar-refractivity contribution in [3.8, 4) is 6.07 Å². The van der Waals surface area contributed by atoms with Gasteiger partial charge in [-0.2, -0.15) is 10.2 Å². The molecule has 0 radical (unpaired) electrons. The molecule has 0 unspecified atom stereocenters. The Kier molecular flexibility index (Phi) is 3.24. The molecule has 0 amide bonds. The van der Waals surface area contributed by atoms with Gasteiger partial charge in [0.1, 0.15) is 0 Å². The molecule has 2 aromatic rings. The van der Waals surface area contributed by atoms with Crippen LogP contribution in [0.4, 0.5) is 0 Å². The number of aromatic nitrogens is 2. The maximum Gasteiger partial charge on any atom is 0.348 e. The van der Waals surface area contributed by atoms with Crippen LogP contribution in [0.3, 0.4) is 0 Å². The van der Waals surface area contributed by atoms with Crippen LogP contribution in [0.25, 0.3) is 0 Å². The molecule has 0 aliphatic heterocycles. The minimum Gasteiger partial charge on any atom is -0.292 e. The fourth-order valence-corrected chi connectivity index (χ4v) is 1.83. The van der Waals surface area contributed by atoms with Gasteiger partial charge in [-0.3, -0.25) is 4.57 Å². The molecule has 0 atom stereocenters. The Morgan fingerprint density at radius 3 is 2.50 bits per heavy atom. The average molecular weight is 239 g/mol. The van der Waals surface area contributed by atoms with E-state index in [9.17, 15) is 4.79 Å². The van der Waals surface area contributed by atoms with Gasteiger partial charge in [-0.05, 0) is 37.6 Å². The Hall–Kier alpha value is -2.41. The molecule has 0 bridgehead atoms. The van der Waals surface area contributed by atoms with Crippen molar-refractivity contribution in [2.24, 2.45) is 0 Å². The predicted octanol–water partition coefficient (Wildman–Crippen LogP) is 1.78. The molecule has 0 spiro atoms. The normalized spacial score (nSPS) is 10.1. The lowest BCUT2D eigenvalue weighted by Gasteiger charge is -2.09. The standard InChI is InChI=1S/C14H13N3O/c1-10-7-11(2)17(14(18)16-10)9-13-5-3-12(8-15)4-6-13/h3-7H,9H2,1-2H3. The van der Waals surface area contributed by atoms with Crippen molar-refractivity contribution >= 4 is 0 Å². The smallest absolute Gasteiger partial charge is 0.292 e. The summed E-state index contributed by atoms with van der Waals surface area (Å²) in [5.41, 5.74) is 2.97. The summed E-state index contributed by atoms with van der Waals surface area (Å²) < 4.78 is 1.62. The van der Waals surface area contributed by atoms with E-state index in [1.807, 2.05) is 25.1 Å². The molecule has 2 rings (SSSR count). The average Bonchev–Trinajstić information content (AvgIpc) is 2.34. The van der Waals surface area contributed by atoms with E-state index in [0.29, 0.717) is 12.1 Å². The molecule has 0 saturated carbocycles. The number of nitrogens with zero attached hydrogens (tertiary/aromatic N) is 3. The molecule has 18 heavy (non-hydrogen) atoms. The van der Waals surface area contributed by atoms with E-state index in [0.717, 1.165) is 17.0 Å². The van der Waals surface area contributed by atoms with E-state index < -0.39 is 0 Å². The summed E-state index contributed by atoms with van der Waals surface area (Å²) in [5, 5.41) is 8.72. The van der Waals surface area contributed by atoms with Crippen molar-refractivity contribution in [3.05, 3.63) is 63.3 Å². The zero-order chi connectivity index (χ0) is 13.1. The van der Waals surface area contributed by atoms with Crippen LogP contribution in [0.5, 0.6) is 0 Å². The predicted molar refractivity (Wildman–Crippen MR) is 68.2 cm³/mol. The van der Waals surface area contributed by atoms with Crippen LogP contribution in [0, 0.1) is 25.2 Å². The molecule has 1 aromatic heterocycles. The van der Waals surface area contributed by atoms with Gasteiger partial charge < -0.3 is 0 Å². The van der Waals surface area contributed by atoms with Crippen molar-refractivity contribution in [2.45, 2.75) is 20.4 Å². The minimum absolute atomic E-state index is 0.239. The number of nitriles is 1. The SMILES string of the molecule is Cc1cc(C)n(Cc2ccc(C#N)cc2)c(=O)n1. The van der Waals surface area contributed by atoms with Gasteiger partial charge in [0.15, 0.2) is 0 Å². The number of rotatable bonds is 2. The molecule has 0 fully saturated rings. The Labute approximate surface area is 105 Å². The molecule has 4 nitrogen and oxygen atoms in total. The molecule has 90 valence electrons. The molecule has 1 heterocycles. The van der Waals surface area contributed by atoms with Gasteiger partial charge in [0.25, 0.3) is 0 Å². The highest BCUT2D eigenvalue weighted by molar-refractivity contribution is 5.31. The van der Waals surface area contributed by atoms with Gasteiger partial charge in [-0.15, -0.1) is 0 Å². The third-order valence-corrected chi connectivity index (χ3v) is 2.77. The highest BCUT2D eigenvalue weighted by Crippen LogP contribution is 2.06. The Morgan fingerprint density at radius 1 is 1.28 bits per heavy atom. The summed E-state index contributed by atoms with van der Waals surface area (Å²) in [6.45, 7) is 4.17. The highest BCUT2D eigenvalue weighted by atomic mass is 16.1. The molecule has 0 saturated heterocycles. The first kappa shape index (κ1) is 12.1. The van der Waals surface area contributed by atoms with Crippen molar-refractivity contribution in [1.82, 2.24) is 9.55 Å². The van der Waals surface area contributed by atoms with Gasteiger partial charge in [-0.1, -0.05) is 12.1 Å². The Balaban J connectivity index is 2.34. The summed E-state index contributed by atoms with van der Waals surface area (Å²) in [5.74, 6) is 0. The zero-order valence-corrected chi connectivity index (χ0v) is 10.3. The van der Waals surface area contributed by atoms with E-state index >= 15 is 0 Å². The van der Waals surface area contributed by atoms with Crippen LogP contribution in [0.15, 0.2) is 35.1 Å². The van der Waals surface area contributed by atoms with E-state index in [4.69, 9.17) is 5.26 Å². The third kappa shape index (κ3) is 2.46. The second-order valence-electron chi connectivity index (χ2n) is 4.22.